The van der Waals surface area contributed by atoms with Crippen LogP contribution in [0.3, 0.4) is 0 Å². The molecule has 0 aliphatic carbocycles. The standard InChI is InChI=1S/C40H42N4O4/c1-27-23-44(28(2)26-45)39(46)34-16-10-18-36(42-40(47)41-35-17-9-14-32-13-7-8-15-33(32)35)38(34)48-37(27)25-43(3)24-29-19-21-31(22-20-29)30-11-5-4-6-12-30/h4-22,27-28,37,45H,23-26H2,1-3H3,(H2,41,42,47)/t27-,28+,37+/m0/s1. The molecule has 8 nitrogen and oxygen atoms in total. The van der Waals surface area contributed by atoms with Crippen LogP contribution in [-0.4, -0.2) is 65.7 Å². The van der Waals surface area contributed by atoms with Crippen molar-refractivity contribution in [3.63, 3.8) is 0 Å². The monoisotopic (exact) mass is 642 g/mol. The number of hydrogen-bond acceptors (Lipinski definition) is 5. The summed E-state index contributed by atoms with van der Waals surface area (Å²) >= 11 is 0. The van der Waals surface area contributed by atoms with Crippen molar-refractivity contribution in [1.82, 2.24) is 9.80 Å². The lowest BCUT2D eigenvalue weighted by molar-refractivity contribution is 0.0343. The molecule has 48 heavy (non-hydrogen) atoms. The molecule has 0 saturated carbocycles. The fraction of sp³-hybridized carbons (Fsp3) is 0.250. The van der Waals surface area contributed by atoms with Gasteiger partial charge in [0.05, 0.1) is 29.6 Å². The molecule has 246 valence electrons. The van der Waals surface area contributed by atoms with Crippen molar-refractivity contribution in [3.8, 4) is 16.9 Å². The molecule has 0 bridgehead atoms. The highest BCUT2D eigenvalue weighted by Crippen LogP contribution is 2.35. The molecular weight excluding hydrogens is 600 g/mol. The maximum absolute atomic E-state index is 13.9. The van der Waals surface area contributed by atoms with Crippen molar-refractivity contribution in [3.05, 3.63) is 126 Å². The highest BCUT2D eigenvalue weighted by atomic mass is 16.5. The summed E-state index contributed by atoms with van der Waals surface area (Å²) in [5.74, 6) is 0.00117. The van der Waals surface area contributed by atoms with E-state index in [0.717, 1.165) is 10.8 Å². The second-order valence-electron chi connectivity index (χ2n) is 12.7. The van der Waals surface area contributed by atoms with Gasteiger partial charge >= 0.3 is 6.03 Å². The molecule has 3 N–H and O–H groups in total. The van der Waals surface area contributed by atoms with Gasteiger partial charge in [0.15, 0.2) is 5.75 Å². The van der Waals surface area contributed by atoms with Crippen LogP contribution in [0.15, 0.2) is 115 Å². The van der Waals surface area contributed by atoms with Crippen LogP contribution in [0.5, 0.6) is 5.75 Å². The van der Waals surface area contributed by atoms with Crippen molar-refractivity contribution in [2.24, 2.45) is 5.92 Å². The zero-order chi connectivity index (χ0) is 33.6. The zero-order valence-corrected chi connectivity index (χ0v) is 27.6. The Kier molecular flexibility index (Phi) is 10.0. The highest BCUT2D eigenvalue weighted by molar-refractivity contribution is 6.08. The number of carbonyl (C=O) groups is 2. The average Bonchev–Trinajstić information content (AvgIpc) is 3.10. The quantitative estimate of drug-likeness (QED) is 0.155. The third kappa shape index (κ3) is 7.35. The number of carbonyl (C=O) groups excluding carboxylic acids is 2. The number of nitrogens with zero attached hydrogens (tertiary/aromatic N) is 2. The van der Waals surface area contributed by atoms with Gasteiger partial charge in [-0.3, -0.25) is 9.69 Å². The lowest BCUT2D eigenvalue weighted by Gasteiger charge is -2.38. The summed E-state index contributed by atoms with van der Waals surface area (Å²) < 4.78 is 6.72. The topological polar surface area (TPSA) is 94.1 Å². The first-order chi connectivity index (χ1) is 23.3. The number of rotatable bonds is 9. The van der Waals surface area contributed by atoms with E-state index in [1.807, 2.05) is 67.6 Å². The Labute approximate surface area is 282 Å². The fourth-order valence-corrected chi connectivity index (χ4v) is 6.29. The van der Waals surface area contributed by atoms with Gasteiger partial charge in [0.1, 0.15) is 6.10 Å². The number of para-hydroxylation sites is 1. The largest absolute Gasteiger partial charge is 0.486 e. The van der Waals surface area contributed by atoms with E-state index in [2.05, 4.69) is 65.9 Å². The highest BCUT2D eigenvalue weighted by Gasteiger charge is 2.34. The summed E-state index contributed by atoms with van der Waals surface area (Å²) in [6.45, 7) is 5.44. The number of amides is 3. The number of anilines is 2. The first kappa shape index (κ1) is 32.7. The summed E-state index contributed by atoms with van der Waals surface area (Å²) in [7, 11) is 2.06. The van der Waals surface area contributed by atoms with Crippen LogP contribution < -0.4 is 15.4 Å². The van der Waals surface area contributed by atoms with E-state index in [1.165, 1.54) is 16.7 Å². The molecule has 1 heterocycles. The van der Waals surface area contributed by atoms with E-state index in [4.69, 9.17) is 4.74 Å². The summed E-state index contributed by atoms with van der Waals surface area (Å²) in [5, 5.41) is 17.9. The van der Waals surface area contributed by atoms with Crippen molar-refractivity contribution >= 4 is 34.1 Å². The van der Waals surface area contributed by atoms with E-state index >= 15 is 0 Å². The summed E-state index contributed by atoms with van der Waals surface area (Å²) in [4.78, 5) is 31.2. The van der Waals surface area contributed by atoms with Gasteiger partial charge in [-0.2, -0.15) is 0 Å². The summed E-state index contributed by atoms with van der Waals surface area (Å²) in [5.41, 5.74) is 4.94. The lowest BCUT2D eigenvalue weighted by Crippen LogP contribution is -2.49. The van der Waals surface area contributed by atoms with Gasteiger partial charge < -0.3 is 25.4 Å². The maximum atomic E-state index is 13.9. The van der Waals surface area contributed by atoms with Gasteiger partial charge in [-0.15, -0.1) is 0 Å². The van der Waals surface area contributed by atoms with E-state index in [-0.39, 0.29) is 24.5 Å². The van der Waals surface area contributed by atoms with Crippen LogP contribution >= 0.6 is 0 Å². The number of nitrogens with one attached hydrogen (secondary N) is 2. The molecule has 0 aromatic heterocycles. The molecule has 1 aliphatic rings. The Morgan fingerprint density at radius 2 is 1.52 bits per heavy atom. The van der Waals surface area contributed by atoms with Crippen LogP contribution in [0.25, 0.3) is 21.9 Å². The van der Waals surface area contributed by atoms with Crippen LogP contribution in [0.1, 0.15) is 29.8 Å². The molecule has 5 aromatic carbocycles. The molecule has 0 fully saturated rings. The van der Waals surface area contributed by atoms with Crippen molar-refractivity contribution < 1.29 is 19.4 Å². The third-order valence-electron chi connectivity index (χ3n) is 8.98. The van der Waals surface area contributed by atoms with Crippen molar-refractivity contribution in [2.75, 3.05) is 37.4 Å². The molecule has 8 heteroatoms. The van der Waals surface area contributed by atoms with Gasteiger partial charge in [0.25, 0.3) is 5.91 Å². The van der Waals surface area contributed by atoms with E-state index < -0.39 is 12.1 Å². The van der Waals surface area contributed by atoms with Gasteiger partial charge in [-0.1, -0.05) is 104 Å². The Morgan fingerprint density at radius 1 is 0.875 bits per heavy atom. The minimum absolute atomic E-state index is 0.0726. The maximum Gasteiger partial charge on any atom is 0.323 e. The molecule has 0 saturated heterocycles. The average molecular weight is 643 g/mol. The molecule has 5 aromatic rings. The number of fused-ring (bicyclic) bond motifs is 2. The first-order valence-corrected chi connectivity index (χ1v) is 16.4. The Morgan fingerprint density at radius 3 is 2.29 bits per heavy atom. The Balaban J connectivity index is 1.24. The lowest BCUT2D eigenvalue weighted by atomic mass is 9.98. The molecule has 0 radical (unpaired) electrons. The third-order valence-corrected chi connectivity index (χ3v) is 8.98. The van der Waals surface area contributed by atoms with E-state index in [1.54, 1.807) is 23.1 Å². The predicted molar refractivity (Wildman–Crippen MR) is 192 cm³/mol. The van der Waals surface area contributed by atoms with Gasteiger partial charge in [0.2, 0.25) is 0 Å². The first-order valence-electron chi connectivity index (χ1n) is 16.4. The van der Waals surface area contributed by atoms with E-state index in [0.29, 0.717) is 42.3 Å². The SMILES string of the molecule is C[C@H](CO)N1C[C@H](C)[C@@H](CN(C)Cc2ccc(-c3ccccc3)cc2)Oc2c(NC(=O)Nc3cccc4ccccc34)cccc2C1=O. The molecule has 1 aliphatic heterocycles. The molecule has 3 atom stereocenters. The predicted octanol–water partition coefficient (Wildman–Crippen LogP) is 7.50. The molecule has 6 rings (SSSR count). The molecular formula is C40H42N4O4. The number of urea groups is 1. The van der Waals surface area contributed by atoms with Crippen LogP contribution in [0.4, 0.5) is 16.2 Å². The number of aliphatic hydroxyl groups excluding tert-OH is 1. The second kappa shape index (κ2) is 14.7. The number of ether oxygens (including phenoxy) is 1. The second-order valence-corrected chi connectivity index (χ2v) is 12.7. The van der Waals surface area contributed by atoms with Crippen molar-refractivity contribution in [1.29, 1.82) is 0 Å². The van der Waals surface area contributed by atoms with Gasteiger partial charge in [0, 0.05) is 30.9 Å². The van der Waals surface area contributed by atoms with Crippen LogP contribution in [0, 0.1) is 5.92 Å². The van der Waals surface area contributed by atoms with Gasteiger partial charge in [-0.05, 0) is 54.2 Å². The Hall–Kier alpha value is -5.18. The smallest absolute Gasteiger partial charge is 0.323 e. The van der Waals surface area contributed by atoms with Crippen LogP contribution in [0.2, 0.25) is 0 Å². The minimum Gasteiger partial charge on any atom is -0.486 e. The van der Waals surface area contributed by atoms with Crippen LogP contribution in [-0.2, 0) is 6.54 Å². The normalized spacial score (nSPS) is 16.9. The number of hydrogen-bond donors (Lipinski definition) is 3. The minimum atomic E-state index is -0.445. The van der Waals surface area contributed by atoms with Crippen molar-refractivity contribution in [2.45, 2.75) is 32.5 Å². The molecule has 3 amide bonds. The molecule has 0 unspecified atom stereocenters. The zero-order valence-electron chi connectivity index (χ0n) is 27.6. The summed E-state index contributed by atoms with van der Waals surface area (Å²) in [6.07, 6.45) is -0.317. The number of likely N-dealkylation sites (N-methyl/N-ethyl adjacent to an activating group) is 1. The number of benzene rings is 5. The Bertz CT molecular complexity index is 1870. The van der Waals surface area contributed by atoms with E-state index in [9.17, 15) is 14.7 Å². The summed E-state index contributed by atoms with van der Waals surface area (Å²) in [6, 6.07) is 36.9. The fourth-order valence-electron chi connectivity index (χ4n) is 6.29. The molecule has 0 spiro atoms. The number of aliphatic hydroxyl groups is 1. The van der Waals surface area contributed by atoms with Gasteiger partial charge in [-0.25, -0.2) is 4.79 Å².